The van der Waals surface area contributed by atoms with Gasteiger partial charge in [-0.1, -0.05) is 25.0 Å². The van der Waals surface area contributed by atoms with Gasteiger partial charge in [0, 0.05) is 6.54 Å². The van der Waals surface area contributed by atoms with Crippen molar-refractivity contribution in [2.75, 3.05) is 19.8 Å². The second kappa shape index (κ2) is 8.41. The number of hydrogen-bond acceptors (Lipinski definition) is 5. The molecule has 2 aromatic rings. The van der Waals surface area contributed by atoms with Crippen molar-refractivity contribution < 1.29 is 27.4 Å². The van der Waals surface area contributed by atoms with E-state index in [1.54, 1.807) is 4.90 Å². The van der Waals surface area contributed by atoms with Crippen molar-refractivity contribution in [3.05, 3.63) is 51.5 Å². The summed E-state index contributed by atoms with van der Waals surface area (Å²) in [6.07, 6.45) is 0.117. The lowest BCUT2D eigenvalue weighted by atomic mass is 9.99. The molecule has 2 aliphatic heterocycles. The fourth-order valence-corrected chi connectivity index (χ4v) is 4.60. The third-order valence-corrected chi connectivity index (χ3v) is 6.20. The molecule has 5 nitrogen and oxygen atoms in total. The predicted octanol–water partition coefficient (Wildman–Crippen LogP) is 4.96. The molecule has 4 rings (SSSR count). The average molecular weight is 426 g/mol. The minimum atomic E-state index is -4.37. The van der Waals surface area contributed by atoms with E-state index in [0.717, 1.165) is 43.4 Å². The number of nitrogens with zero attached hydrogens (tertiary/aromatic N) is 2. The normalized spacial score (nSPS) is 21.3. The van der Waals surface area contributed by atoms with Gasteiger partial charge in [0.1, 0.15) is 9.88 Å². The Morgan fingerprint density at radius 1 is 1.10 bits per heavy atom. The zero-order valence-corrected chi connectivity index (χ0v) is 16.5. The van der Waals surface area contributed by atoms with Crippen molar-refractivity contribution in [2.45, 2.75) is 44.2 Å². The molecule has 156 valence electrons. The molecule has 1 aromatic heterocycles. The van der Waals surface area contributed by atoms with Gasteiger partial charge in [-0.2, -0.15) is 13.2 Å². The van der Waals surface area contributed by atoms with Crippen LogP contribution in [-0.4, -0.2) is 35.5 Å². The van der Waals surface area contributed by atoms with Crippen LogP contribution in [0.3, 0.4) is 0 Å². The number of carbonyl (C=O) groups excluding carboxylic acids is 1. The molecule has 0 radical (unpaired) electrons. The van der Waals surface area contributed by atoms with E-state index >= 15 is 0 Å². The first-order valence-corrected chi connectivity index (χ1v) is 10.4. The molecule has 0 spiro atoms. The number of halogens is 3. The number of carbonyl (C=O) groups is 1. The van der Waals surface area contributed by atoms with Crippen LogP contribution in [0.2, 0.25) is 0 Å². The highest BCUT2D eigenvalue weighted by Crippen LogP contribution is 2.35. The molecule has 29 heavy (non-hydrogen) atoms. The fraction of sp³-hybridized carbons (Fsp3) is 0.500. The molecule has 1 unspecified atom stereocenters. The molecule has 2 fully saturated rings. The van der Waals surface area contributed by atoms with Gasteiger partial charge in [-0.05, 0) is 30.5 Å². The Balaban J connectivity index is 1.57. The fourth-order valence-electron chi connectivity index (χ4n) is 3.73. The lowest BCUT2D eigenvalue weighted by molar-refractivity contribution is -0.137. The molecule has 1 aromatic carbocycles. The largest absolute Gasteiger partial charge is 0.416 e. The zero-order chi connectivity index (χ0) is 20.4. The molecule has 1 amide bonds. The molecule has 0 saturated carbocycles. The minimum absolute atomic E-state index is 0.154. The highest BCUT2D eigenvalue weighted by molar-refractivity contribution is 7.13. The Hall–Kier alpha value is -1.97. The van der Waals surface area contributed by atoms with E-state index < -0.39 is 18.0 Å². The Kier molecular flexibility index (Phi) is 5.89. The number of hydrogen-bond donors (Lipinski definition) is 0. The molecule has 0 bridgehead atoms. The molecule has 9 heteroatoms. The number of amides is 1. The van der Waals surface area contributed by atoms with Crippen LogP contribution in [-0.2, 0) is 15.7 Å². The molecule has 2 saturated heterocycles. The number of aromatic nitrogens is 1. The van der Waals surface area contributed by atoms with Crippen molar-refractivity contribution >= 4 is 17.2 Å². The number of thiazole rings is 1. The van der Waals surface area contributed by atoms with Crippen molar-refractivity contribution in [1.29, 1.82) is 0 Å². The van der Waals surface area contributed by atoms with Gasteiger partial charge < -0.3 is 14.4 Å². The standard InChI is InChI=1S/C20H21F3N2O3S/c21-20(22,23)14-7-5-13(6-8-14)15-4-2-1-3-9-25(15)18(26)16-12-24-17(29-16)19-27-10-11-28-19/h5-8,12,15,19H,1-4,9-11H2. The Morgan fingerprint density at radius 3 is 2.52 bits per heavy atom. The first-order valence-electron chi connectivity index (χ1n) is 9.60. The van der Waals surface area contributed by atoms with Crippen LogP contribution in [0.25, 0.3) is 0 Å². The van der Waals surface area contributed by atoms with Crippen LogP contribution in [0.15, 0.2) is 30.5 Å². The van der Waals surface area contributed by atoms with Gasteiger partial charge in [0.2, 0.25) is 6.29 Å². The second-order valence-electron chi connectivity index (χ2n) is 7.12. The van der Waals surface area contributed by atoms with Crippen LogP contribution in [0, 0.1) is 0 Å². The van der Waals surface area contributed by atoms with Crippen LogP contribution in [0.5, 0.6) is 0 Å². The Labute approximate surface area is 170 Å². The van der Waals surface area contributed by atoms with Gasteiger partial charge in [0.05, 0.1) is 31.0 Å². The highest BCUT2D eigenvalue weighted by Gasteiger charge is 2.33. The summed E-state index contributed by atoms with van der Waals surface area (Å²) in [5.41, 5.74) is 0.0388. The van der Waals surface area contributed by atoms with Crippen molar-refractivity contribution in [3.8, 4) is 0 Å². The predicted molar refractivity (Wildman–Crippen MR) is 100 cm³/mol. The van der Waals surface area contributed by atoms with Crippen molar-refractivity contribution in [1.82, 2.24) is 9.88 Å². The van der Waals surface area contributed by atoms with E-state index in [4.69, 9.17) is 9.47 Å². The lowest BCUT2D eigenvalue weighted by Crippen LogP contribution is -2.34. The van der Waals surface area contributed by atoms with Crippen LogP contribution in [0.4, 0.5) is 13.2 Å². The summed E-state index contributed by atoms with van der Waals surface area (Å²) >= 11 is 1.24. The van der Waals surface area contributed by atoms with E-state index in [1.165, 1.54) is 29.7 Å². The monoisotopic (exact) mass is 426 g/mol. The highest BCUT2D eigenvalue weighted by atomic mass is 32.1. The summed E-state index contributed by atoms with van der Waals surface area (Å²) in [7, 11) is 0. The zero-order valence-electron chi connectivity index (χ0n) is 15.7. The first kappa shape index (κ1) is 20.3. The van der Waals surface area contributed by atoms with Crippen LogP contribution >= 0.6 is 11.3 Å². The third-order valence-electron chi connectivity index (χ3n) is 5.19. The number of alkyl halides is 3. The van der Waals surface area contributed by atoms with E-state index in [1.807, 2.05) is 0 Å². The number of likely N-dealkylation sites (tertiary alicyclic amines) is 1. The first-order chi connectivity index (χ1) is 13.9. The number of rotatable bonds is 3. The quantitative estimate of drug-likeness (QED) is 0.696. The van der Waals surface area contributed by atoms with Gasteiger partial charge in [0.15, 0.2) is 0 Å². The number of ether oxygens (including phenoxy) is 2. The van der Waals surface area contributed by atoms with E-state index in [9.17, 15) is 18.0 Å². The van der Waals surface area contributed by atoms with Crippen molar-refractivity contribution in [3.63, 3.8) is 0 Å². The molecular weight excluding hydrogens is 405 g/mol. The van der Waals surface area contributed by atoms with Gasteiger partial charge in [0.25, 0.3) is 5.91 Å². The topological polar surface area (TPSA) is 51.7 Å². The van der Waals surface area contributed by atoms with Gasteiger partial charge >= 0.3 is 6.18 Å². The maximum atomic E-state index is 13.2. The molecule has 0 N–H and O–H groups in total. The van der Waals surface area contributed by atoms with E-state index in [0.29, 0.717) is 29.6 Å². The van der Waals surface area contributed by atoms with E-state index in [2.05, 4.69) is 4.98 Å². The Morgan fingerprint density at radius 2 is 1.83 bits per heavy atom. The molecular formula is C20H21F3N2O3S. The number of benzene rings is 1. The Bertz CT molecular complexity index is 847. The van der Waals surface area contributed by atoms with Gasteiger partial charge in [-0.3, -0.25) is 4.79 Å². The maximum Gasteiger partial charge on any atom is 0.416 e. The third kappa shape index (κ3) is 4.46. The molecule has 1 atom stereocenters. The van der Waals surface area contributed by atoms with Gasteiger partial charge in [-0.25, -0.2) is 4.98 Å². The summed E-state index contributed by atoms with van der Waals surface area (Å²) in [5, 5.41) is 0.603. The summed E-state index contributed by atoms with van der Waals surface area (Å²) in [4.78, 5) is 19.7. The second-order valence-corrected chi connectivity index (χ2v) is 8.18. The summed E-state index contributed by atoms with van der Waals surface area (Å²) in [5.74, 6) is -0.154. The molecule has 2 aliphatic rings. The smallest absolute Gasteiger partial charge is 0.344 e. The van der Waals surface area contributed by atoms with Crippen LogP contribution < -0.4 is 0 Å². The summed E-state index contributed by atoms with van der Waals surface area (Å²) < 4.78 is 49.5. The van der Waals surface area contributed by atoms with Crippen molar-refractivity contribution in [2.24, 2.45) is 0 Å². The molecule has 3 heterocycles. The maximum absolute atomic E-state index is 13.2. The van der Waals surface area contributed by atoms with E-state index in [-0.39, 0.29) is 11.9 Å². The SMILES string of the molecule is O=C(c1cnc(C2OCCO2)s1)N1CCCCCC1c1ccc(C(F)(F)F)cc1. The van der Waals surface area contributed by atoms with Gasteiger partial charge in [-0.15, -0.1) is 11.3 Å². The van der Waals surface area contributed by atoms with Crippen LogP contribution in [0.1, 0.15) is 63.8 Å². The minimum Gasteiger partial charge on any atom is -0.344 e. The summed E-state index contributed by atoms with van der Waals surface area (Å²) in [6.45, 7) is 1.56. The summed E-state index contributed by atoms with van der Waals surface area (Å²) in [6, 6.07) is 4.89. The lowest BCUT2D eigenvalue weighted by Gasteiger charge is -2.30. The molecule has 0 aliphatic carbocycles. The average Bonchev–Trinajstić information content (AvgIpc) is 3.34.